The lowest BCUT2D eigenvalue weighted by molar-refractivity contribution is -0.130. The van der Waals surface area contributed by atoms with Crippen molar-refractivity contribution in [2.75, 3.05) is 18.4 Å². The molecule has 1 aliphatic heterocycles. The van der Waals surface area contributed by atoms with Gasteiger partial charge in [0.05, 0.1) is 0 Å². The van der Waals surface area contributed by atoms with Crippen molar-refractivity contribution in [1.82, 2.24) is 14.9 Å². The average Bonchev–Trinajstić information content (AvgIpc) is 2.55. The molecule has 2 aliphatic rings. The number of aromatic nitrogens is 2. The molecule has 3 rings (SSSR count). The zero-order chi connectivity index (χ0) is 16.2. The fourth-order valence-corrected chi connectivity index (χ4v) is 3.81. The number of rotatable bonds is 3. The summed E-state index contributed by atoms with van der Waals surface area (Å²) in [6, 6.07) is 2.30. The number of piperidine rings is 1. The van der Waals surface area contributed by atoms with Crippen molar-refractivity contribution in [2.45, 2.75) is 63.8 Å². The molecule has 0 bridgehead atoms. The number of anilines is 1. The molecule has 0 spiro atoms. The van der Waals surface area contributed by atoms with Crippen LogP contribution in [0.5, 0.6) is 0 Å². The van der Waals surface area contributed by atoms with E-state index in [0.717, 1.165) is 31.0 Å². The summed E-state index contributed by atoms with van der Waals surface area (Å²) < 4.78 is 0. The highest BCUT2D eigenvalue weighted by molar-refractivity contribution is 6.29. The number of likely N-dealkylation sites (tertiary alicyclic amines) is 1. The van der Waals surface area contributed by atoms with Crippen LogP contribution in [-0.4, -0.2) is 39.9 Å². The molecule has 1 atom stereocenters. The van der Waals surface area contributed by atoms with Gasteiger partial charge in [0.2, 0.25) is 5.91 Å². The number of amides is 1. The van der Waals surface area contributed by atoms with E-state index in [2.05, 4.69) is 10.3 Å². The largest absolute Gasteiger partial charge is 0.367 e. The lowest BCUT2D eigenvalue weighted by atomic mass is 9.95. The number of carbonyl (C=O) groups is 1. The van der Waals surface area contributed by atoms with Crippen LogP contribution in [-0.2, 0) is 4.79 Å². The third-order valence-electron chi connectivity index (χ3n) is 4.90. The van der Waals surface area contributed by atoms with Crippen LogP contribution in [0.25, 0.3) is 0 Å². The second-order valence-corrected chi connectivity index (χ2v) is 7.10. The maximum absolute atomic E-state index is 11.6. The average molecular weight is 337 g/mol. The van der Waals surface area contributed by atoms with Crippen molar-refractivity contribution in [3.05, 3.63) is 17.0 Å². The Hall–Kier alpha value is -1.36. The third-order valence-corrected chi connectivity index (χ3v) is 5.09. The fourth-order valence-electron chi connectivity index (χ4n) is 3.62. The summed E-state index contributed by atoms with van der Waals surface area (Å²) in [5.74, 6) is 1.89. The van der Waals surface area contributed by atoms with Crippen LogP contribution in [0.3, 0.4) is 0 Å². The van der Waals surface area contributed by atoms with E-state index in [1.807, 2.05) is 11.0 Å². The van der Waals surface area contributed by atoms with E-state index < -0.39 is 0 Å². The van der Waals surface area contributed by atoms with Crippen LogP contribution in [0.4, 0.5) is 5.82 Å². The zero-order valence-electron chi connectivity index (χ0n) is 13.7. The zero-order valence-corrected chi connectivity index (χ0v) is 14.5. The highest BCUT2D eigenvalue weighted by atomic mass is 35.5. The first-order valence-corrected chi connectivity index (χ1v) is 9.06. The number of nitrogens with one attached hydrogen (secondary N) is 1. The van der Waals surface area contributed by atoms with Gasteiger partial charge in [-0.1, -0.05) is 30.9 Å². The SMILES string of the molecule is CC(=O)N1CCCC(c2nc(Cl)cc(NC3CCCCC3)n2)C1. The molecular weight excluding hydrogens is 312 g/mol. The second kappa shape index (κ2) is 7.47. The molecule has 6 heteroatoms. The number of halogens is 1. The molecule has 5 nitrogen and oxygen atoms in total. The Morgan fingerprint density at radius 2 is 2.00 bits per heavy atom. The van der Waals surface area contributed by atoms with E-state index in [-0.39, 0.29) is 11.8 Å². The Bertz CT molecular complexity index is 560. The molecule has 1 saturated carbocycles. The fraction of sp³-hybridized carbons (Fsp3) is 0.706. The van der Waals surface area contributed by atoms with Crippen LogP contribution >= 0.6 is 11.6 Å². The van der Waals surface area contributed by atoms with Crippen LogP contribution in [0.2, 0.25) is 5.15 Å². The van der Waals surface area contributed by atoms with Crippen LogP contribution < -0.4 is 5.32 Å². The molecule has 1 aromatic rings. The molecule has 126 valence electrons. The topological polar surface area (TPSA) is 58.1 Å². The maximum Gasteiger partial charge on any atom is 0.219 e. The predicted molar refractivity (Wildman–Crippen MR) is 91.8 cm³/mol. The summed E-state index contributed by atoms with van der Waals surface area (Å²) in [5, 5.41) is 4.00. The first-order valence-electron chi connectivity index (χ1n) is 8.68. The molecule has 1 unspecified atom stereocenters. The lowest BCUT2D eigenvalue weighted by Crippen LogP contribution is -2.38. The van der Waals surface area contributed by atoms with Crippen LogP contribution in [0.1, 0.15) is 63.6 Å². The van der Waals surface area contributed by atoms with Crippen molar-refractivity contribution in [1.29, 1.82) is 0 Å². The van der Waals surface area contributed by atoms with E-state index in [0.29, 0.717) is 17.7 Å². The smallest absolute Gasteiger partial charge is 0.219 e. The summed E-state index contributed by atoms with van der Waals surface area (Å²) in [6.07, 6.45) is 8.27. The number of hydrogen-bond donors (Lipinski definition) is 1. The highest BCUT2D eigenvalue weighted by Crippen LogP contribution is 2.28. The van der Waals surface area contributed by atoms with Gasteiger partial charge >= 0.3 is 0 Å². The van der Waals surface area contributed by atoms with Crippen LogP contribution in [0.15, 0.2) is 6.07 Å². The Morgan fingerprint density at radius 3 is 2.74 bits per heavy atom. The quantitative estimate of drug-likeness (QED) is 0.857. The van der Waals surface area contributed by atoms with Crippen molar-refractivity contribution in [2.24, 2.45) is 0 Å². The summed E-state index contributed by atoms with van der Waals surface area (Å²) in [6.45, 7) is 3.15. The maximum atomic E-state index is 11.6. The van der Waals surface area contributed by atoms with Crippen molar-refractivity contribution < 1.29 is 4.79 Å². The van der Waals surface area contributed by atoms with Gasteiger partial charge in [0, 0.05) is 38.0 Å². The van der Waals surface area contributed by atoms with Crippen molar-refractivity contribution in [3.8, 4) is 0 Å². The van der Waals surface area contributed by atoms with E-state index in [9.17, 15) is 4.79 Å². The Balaban J connectivity index is 1.72. The molecule has 2 heterocycles. The molecule has 1 aromatic heterocycles. The van der Waals surface area contributed by atoms with E-state index in [1.165, 1.54) is 32.1 Å². The Labute approximate surface area is 142 Å². The second-order valence-electron chi connectivity index (χ2n) is 6.72. The molecule has 2 fully saturated rings. The number of nitrogens with zero attached hydrogens (tertiary/aromatic N) is 3. The predicted octanol–water partition coefficient (Wildman–Crippen LogP) is 3.60. The Morgan fingerprint density at radius 1 is 1.22 bits per heavy atom. The molecule has 0 radical (unpaired) electrons. The minimum atomic E-state index is 0.122. The van der Waals surface area contributed by atoms with Gasteiger partial charge in [0.1, 0.15) is 16.8 Å². The molecule has 1 N–H and O–H groups in total. The molecule has 23 heavy (non-hydrogen) atoms. The van der Waals surface area contributed by atoms with Gasteiger partial charge in [-0.15, -0.1) is 0 Å². The standard InChI is InChI=1S/C17H25ClN4O/c1-12(23)22-9-5-6-13(11-22)17-20-15(18)10-16(21-17)19-14-7-3-2-4-8-14/h10,13-14H,2-9,11H2,1H3,(H,19,20,21). The summed E-state index contributed by atoms with van der Waals surface area (Å²) >= 11 is 6.21. The highest BCUT2D eigenvalue weighted by Gasteiger charge is 2.25. The van der Waals surface area contributed by atoms with E-state index in [1.54, 1.807) is 6.92 Å². The van der Waals surface area contributed by atoms with Crippen molar-refractivity contribution in [3.63, 3.8) is 0 Å². The minimum Gasteiger partial charge on any atom is -0.367 e. The minimum absolute atomic E-state index is 0.122. The Kier molecular flexibility index (Phi) is 5.36. The first kappa shape index (κ1) is 16.5. The van der Waals surface area contributed by atoms with Gasteiger partial charge in [-0.05, 0) is 25.7 Å². The third kappa shape index (κ3) is 4.34. The molecular formula is C17H25ClN4O. The number of hydrogen-bond acceptors (Lipinski definition) is 4. The van der Waals surface area contributed by atoms with Gasteiger partial charge < -0.3 is 10.2 Å². The molecule has 1 aliphatic carbocycles. The van der Waals surface area contributed by atoms with Gasteiger partial charge in [0.25, 0.3) is 0 Å². The number of carbonyl (C=O) groups excluding carboxylic acids is 1. The van der Waals surface area contributed by atoms with Gasteiger partial charge in [0.15, 0.2) is 0 Å². The van der Waals surface area contributed by atoms with Gasteiger partial charge in [-0.25, -0.2) is 9.97 Å². The molecule has 1 amide bonds. The lowest BCUT2D eigenvalue weighted by Gasteiger charge is -2.31. The monoisotopic (exact) mass is 336 g/mol. The van der Waals surface area contributed by atoms with E-state index in [4.69, 9.17) is 16.6 Å². The van der Waals surface area contributed by atoms with Gasteiger partial charge in [-0.3, -0.25) is 4.79 Å². The van der Waals surface area contributed by atoms with E-state index >= 15 is 0 Å². The van der Waals surface area contributed by atoms with Crippen molar-refractivity contribution >= 4 is 23.3 Å². The summed E-state index contributed by atoms with van der Waals surface area (Å²) in [5.41, 5.74) is 0. The summed E-state index contributed by atoms with van der Waals surface area (Å²) in [4.78, 5) is 22.6. The molecule has 1 saturated heterocycles. The molecule has 0 aromatic carbocycles. The van der Waals surface area contributed by atoms with Gasteiger partial charge in [-0.2, -0.15) is 0 Å². The van der Waals surface area contributed by atoms with Crippen LogP contribution in [0, 0.1) is 0 Å². The first-order chi connectivity index (χ1) is 11.1. The normalized spacial score (nSPS) is 22.9. The summed E-state index contributed by atoms with van der Waals surface area (Å²) in [7, 11) is 0.